The van der Waals surface area contributed by atoms with E-state index in [4.69, 9.17) is 17.3 Å². The lowest BCUT2D eigenvalue weighted by molar-refractivity contribution is -0.120. The van der Waals surface area contributed by atoms with Crippen LogP contribution in [0.1, 0.15) is 36.8 Å². The van der Waals surface area contributed by atoms with Crippen molar-refractivity contribution in [1.82, 2.24) is 9.97 Å². The summed E-state index contributed by atoms with van der Waals surface area (Å²) < 4.78 is 0. The SMILES string of the molecule is Nc1ncc(C#Cc2ccc(Cl)cc2)c(NC2CCC(=O)CC2)n1. The molecule has 3 N–H and O–H groups in total. The second kappa shape index (κ2) is 7.33. The van der Waals surface area contributed by atoms with E-state index < -0.39 is 0 Å². The monoisotopic (exact) mass is 340 g/mol. The van der Waals surface area contributed by atoms with E-state index in [0.717, 1.165) is 18.4 Å². The third kappa shape index (κ3) is 4.24. The molecule has 24 heavy (non-hydrogen) atoms. The molecule has 0 aliphatic heterocycles. The quantitative estimate of drug-likeness (QED) is 0.821. The molecule has 122 valence electrons. The number of carbonyl (C=O) groups is 1. The van der Waals surface area contributed by atoms with Gasteiger partial charge in [0, 0.05) is 29.5 Å². The lowest BCUT2D eigenvalue weighted by Crippen LogP contribution is -2.27. The van der Waals surface area contributed by atoms with Crippen molar-refractivity contribution >= 4 is 29.2 Å². The number of anilines is 2. The number of benzene rings is 1. The molecule has 1 heterocycles. The van der Waals surface area contributed by atoms with Crippen LogP contribution in [-0.4, -0.2) is 21.8 Å². The number of nitrogens with two attached hydrogens (primary N) is 1. The van der Waals surface area contributed by atoms with Gasteiger partial charge in [-0.05, 0) is 37.1 Å². The van der Waals surface area contributed by atoms with Crippen LogP contribution < -0.4 is 11.1 Å². The van der Waals surface area contributed by atoms with Crippen molar-refractivity contribution in [3.05, 3.63) is 46.6 Å². The maximum absolute atomic E-state index is 11.4. The average molecular weight is 341 g/mol. The summed E-state index contributed by atoms with van der Waals surface area (Å²) in [5.74, 6) is 7.27. The van der Waals surface area contributed by atoms with Crippen LogP contribution in [0.15, 0.2) is 30.5 Å². The van der Waals surface area contributed by atoms with Crippen molar-refractivity contribution in [1.29, 1.82) is 0 Å². The molecular formula is C18H17ClN4O. The van der Waals surface area contributed by atoms with Gasteiger partial charge in [-0.25, -0.2) is 4.98 Å². The first-order valence-electron chi connectivity index (χ1n) is 7.78. The highest BCUT2D eigenvalue weighted by Crippen LogP contribution is 2.21. The highest BCUT2D eigenvalue weighted by molar-refractivity contribution is 6.30. The number of nitrogens with one attached hydrogen (secondary N) is 1. The third-order valence-electron chi connectivity index (χ3n) is 3.88. The molecule has 3 rings (SSSR count). The minimum absolute atomic E-state index is 0.196. The number of aromatic nitrogens is 2. The zero-order valence-corrected chi connectivity index (χ0v) is 13.8. The van der Waals surface area contributed by atoms with E-state index in [1.807, 2.05) is 12.1 Å². The van der Waals surface area contributed by atoms with Crippen molar-refractivity contribution in [3.8, 4) is 11.8 Å². The molecule has 1 fully saturated rings. The maximum atomic E-state index is 11.4. The Morgan fingerprint density at radius 3 is 2.58 bits per heavy atom. The van der Waals surface area contributed by atoms with E-state index >= 15 is 0 Å². The number of hydrogen-bond acceptors (Lipinski definition) is 5. The Bertz CT molecular complexity index is 798. The van der Waals surface area contributed by atoms with E-state index in [1.54, 1.807) is 18.3 Å². The molecule has 0 unspecified atom stereocenters. The number of Topliss-reactive ketones (excluding diaryl/α,β-unsaturated/α-hetero) is 1. The first-order chi connectivity index (χ1) is 11.6. The maximum Gasteiger partial charge on any atom is 0.222 e. The van der Waals surface area contributed by atoms with Gasteiger partial charge in [-0.2, -0.15) is 4.98 Å². The Labute approximate surface area is 145 Å². The van der Waals surface area contributed by atoms with Gasteiger partial charge < -0.3 is 11.1 Å². The Morgan fingerprint density at radius 2 is 1.88 bits per heavy atom. The summed E-state index contributed by atoms with van der Waals surface area (Å²) in [6.45, 7) is 0. The zero-order valence-electron chi connectivity index (χ0n) is 13.1. The summed E-state index contributed by atoms with van der Waals surface area (Å²) in [7, 11) is 0. The summed E-state index contributed by atoms with van der Waals surface area (Å²) in [5.41, 5.74) is 7.23. The summed E-state index contributed by atoms with van der Waals surface area (Å²) >= 11 is 5.87. The average Bonchev–Trinajstić information content (AvgIpc) is 2.58. The molecule has 1 aliphatic carbocycles. The van der Waals surface area contributed by atoms with Gasteiger partial charge in [-0.3, -0.25) is 4.79 Å². The molecule has 0 amide bonds. The standard InChI is InChI=1S/C18H17ClN4O/c19-14-5-2-12(3-6-14)1-4-13-11-21-18(20)23-17(13)22-15-7-9-16(24)10-8-15/h2-3,5-6,11,15H,7-10H2,(H3,20,21,22,23). The fourth-order valence-electron chi connectivity index (χ4n) is 2.55. The van der Waals surface area contributed by atoms with E-state index in [-0.39, 0.29) is 12.0 Å². The molecule has 2 aromatic rings. The van der Waals surface area contributed by atoms with Crippen LogP contribution in [0.5, 0.6) is 0 Å². The van der Waals surface area contributed by atoms with Gasteiger partial charge in [0.15, 0.2) is 0 Å². The first kappa shape index (κ1) is 16.3. The van der Waals surface area contributed by atoms with Gasteiger partial charge in [0.1, 0.15) is 11.6 Å². The molecule has 1 aromatic carbocycles. The van der Waals surface area contributed by atoms with Gasteiger partial charge in [-0.15, -0.1) is 0 Å². The van der Waals surface area contributed by atoms with Crippen LogP contribution in [0.25, 0.3) is 0 Å². The number of carbonyl (C=O) groups excluding carboxylic acids is 1. The molecule has 5 nitrogen and oxygen atoms in total. The number of halogens is 1. The van der Waals surface area contributed by atoms with Crippen molar-refractivity contribution in [2.75, 3.05) is 11.1 Å². The smallest absolute Gasteiger partial charge is 0.222 e. The molecule has 1 aliphatic rings. The van der Waals surface area contributed by atoms with Crippen LogP contribution in [0.3, 0.4) is 0 Å². The van der Waals surface area contributed by atoms with Crippen LogP contribution >= 0.6 is 11.6 Å². The second-order valence-electron chi connectivity index (χ2n) is 5.70. The minimum atomic E-state index is 0.196. The molecule has 1 aromatic heterocycles. The van der Waals surface area contributed by atoms with E-state index in [9.17, 15) is 4.79 Å². The number of nitrogens with zero attached hydrogens (tertiary/aromatic N) is 2. The highest BCUT2D eigenvalue weighted by Gasteiger charge is 2.19. The van der Waals surface area contributed by atoms with Crippen LogP contribution in [0.2, 0.25) is 5.02 Å². The van der Waals surface area contributed by atoms with Crippen LogP contribution in [-0.2, 0) is 4.79 Å². The van der Waals surface area contributed by atoms with Crippen molar-refractivity contribution in [2.45, 2.75) is 31.7 Å². The molecule has 6 heteroatoms. The molecule has 0 saturated heterocycles. The number of ketones is 1. The lowest BCUT2D eigenvalue weighted by atomic mass is 9.94. The lowest BCUT2D eigenvalue weighted by Gasteiger charge is -2.23. The number of hydrogen-bond donors (Lipinski definition) is 2. The van der Waals surface area contributed by atoms with Crippen LogP contribution in [0.4, 0.5) is 11.8 Å². The molecule has 0 radical (unpaired) electrons. The topological polar surface area (TPSA) is 80.9 Å². The third-order valence-corrected chi connectivity index (χ3v) is 4.13. The predicted molar refractivity (Wildman–Crippen MR) is 94.8 cm³/mol. The Morgan fingerprint density at radius 1 is 1.17 bits per heavy atom. The zero-order chi connectivity index (χ0) is 16.9. The number of nitrogen functional groups attached to an aromatic ring is 1. The molecule has 0 bridgehead atoms. The molecule has 1 saturated carbocycles. The van der Waals surface area contributed by atoms with Gasteiger partial charge in [0.05, 0.1) is 11.8 Å². The van der Waals surface area contributed by atoms with Gasteiger partial charge in [-0.1, -0.05) is 23.4 Å². The van der Waals surface area contributed by atoms with Gasteiger partial charge in [0.25, 0.3) is 0 Å². The second-order valence-corrected chi connectivity index (χ2v) is 6.14. The molecule has 0 atom stereocenters. The van der Waals surface area contributed by atoms with E-state index in [1.165, 1.54) is 0 Å². The summed E-state index contributed by atoms with van der Waals surface area (Å²) in [6, 6.07) is 7.50. The summed E-state index contributed by atoms with van der Waals surface area (Å²) in [6.07, 6.45) is 4.41. The predicted octanol–water partition coefficient (Wildman–Crippen LogP) is 3.04. The van der Waals surface area contributed by atoms with Crippen molar-refractivity contribution in [3.63, 3.8) is 0 Å². The van der Waals surface area contributed by atoms with Gasteiger partial charge in [0.2, 0.25) is 5.95 Å². The first-order valence-corrected chi connectivity index (χ1v) is 8.16. The van der Waals surface area contributed by atoms with Gasteiger partial charge >= 0.3 is 0 Å². The Kier molecular flexibility index (Phi) is 4.97. The largest absolute Gasteiger partial charge is 0.368 e. The van der Waals surface area contributed by atoms with Crippen molar-refractivity contribution in [2.24, 2.45) is 0 Å². The normalized spacial score (nSPS) is 14.8. The van der Waals surface area contributed by atoms with E-state index in [2.05, 4.69) is 27.1 Å². The Balaban J connectivity index is 1.81. The van der Waals surface area contributed by atoms with Crippen LogP contribution in [0, 0.1) is 11.8 Å². The number of rotatable bonds is 2. The minimum Gasteiger partial charge on any atom is -0.368 e. The Hall–Kier alpha value is -2.58. The summed E-state index contributed by atoms with van der Waals surface area (Å²) in [4.78, 5) is 19.6. The molecular weight excluding hydrogens is 324 g/mol. The van der Waals surface area contributed by atoms with E-state index in [0.29, 0.717) is 35.0 Å². The fourth-order valence-corrected chi connectivity index (χ4v) is 2.67. The van der Waals surface area contributed by atoms with Crippen molar-refractivity contribution < 1.29 is 4.79 Å². The highest BCUT2D eigenvalue weighted by atomic mass is 35.5. The summed E-state index contributed by atoms with van der Waals surface area (Å²) in [5, 5.41) is 4.02. The fraction of sp³-hybridized carbons (Fsp3) is 0.278. The molecule has 0 spiro atoms.